The van der Waals surface area contributed by atoms with E-state index in [1.54, 1.807) is 0 Å². The number of nitro groups is 1. The topological polar surface area (TPSA) is 84.7 Å². The first-order chi connectivity index (χ1) is 6.20. The molecule has 0 amide bonds. The van der Waals surface area contributed by atoms with Crippen LogP contribution < -0.4 is 0 Å². The van der Waals surface area contributed by atoms with Crippen molar-refractivity contribution in [1.82, 2.24) is 15.0 Å². The zero-order chi connectivity index (χ0) is 9.42. The van der Waals surface area contributed by atoms with Crippen LogP contribution in [0.4, 0.5) is 5.69 Å². The van der Waals surface area contributed by atoms with Crippen LogP contribution in [0.25, 0.3) is 11.0 Å². The van der Waals surface area contributed by atoms with E-state index in [1.165, 1.54) is 12.5 Å². The number of fused-ring (bicyclic) bond motifs is 1. The summed E-state index contributed by atoms with van der Waals surface area (Å²) in [5.74, 6) is 0. The molecule has 0 bridgehead atoms. The van der Waals surface area contributed by atoms with Crippen molar-refractivity contribution in [3.05, 3.63) is 27.2 Å². The van der Waals surface area contributed by atoms with Gasteiger partial charge in [0.05, 0.1) is 11.1 Å². The van der Waals surface area contributed by atoms with Crippen LogP contribution in [0.5, 0.6) is 0 Å². The van der Waals surface area contributed by atoms with E-state index in [9.17, 15) is 10.1 Å². The Labute approximate surface area is 80.3 Å². The summed E-state index contributed by atoms with van der Waals surface area (Å²) < 4.78 is 0.519. The maximum Gasteiger partial charge on any atom is 0.312 e. The van der Waals surface area contributed by atoms with Crippen LogP contribution in [-0.2, 0) is 0 Å². The maximum absolute atomic E-state index is 10.5. The lowest BCUT2D eigenvalue weighted by Gasteiger charge is -1.90. The van der Waals surface area contributed by atoms with Gasteiger partial charge in [-0.3, -0.25) is 10.1 Å². The summed E-state index contributed by atoms with van der Waals surface area (Å²) in [7, 11) is 0. The van der Waals surface area contributed by atoms with E-state index >= 15 is 0 Å². The minimum absolute atomic E-state index is 0.0434. The lowest BCUT2D eigenvalue weighted by Crippen LogP contribution is -1.87. The van der Waals surface area contributed by atoms with E-state index in [4.69, 9.17) is 0 Å². The van der Waals surface area contributed by atoms with Gasteiger partial charge in [0, 0.05) is 0 Å². The number of H-pyrrole nitrogens is 1. The normalized spacial score (nSPS) is 10.5. The van der Waals surface area contributed by atoms with Crippen LogP contribution in [0.1, 0.15) is 0 Å². The highest BCUT2D eigenvalue weighted by Crippen LogP contribution is 2.26. The van der Waals surface area contributed by atoms with Gasteiger partial charge in [-0.1, -0.05) is 0 Å². The lowest BCUT2D eigenvalue weighted by atomic mass is 10.4. The molecule has 2 rings (SSSR count). The highest BCUT2D eigenvalue weighted by Gasteiger charge is 2.16. The molecule has 66 valence electrons. The van der Waals surface area contributed by atoms with Gasteiger partial charge >= 0.3 is 5.69 Å². The Balaban J connectivity index is 2.83. The van der Waals surface area contributed by atoms with E-state index in [0.29, 0.717) is 15.6 Å². The number of aromatic amines is 1. The van der Waals surface area contributed by atoms with E-state index in [-0.39, 0.29) is 5.69 Å². The zero-order valence-electron chi connectivity index (χ0n) is 6.19. The van der Waals surface area contributed by atoms with Crippen molar-refractivity contribution < 1.29 is 4.92 Å². The van der Waals surface area contributed by atoms with Gasteiger partial charge in [-0.05, 0) is 15.9 Å². The molecular weight excluding hydrogens is 240 g/mol. The number of nitrogens with zero attached hydrogens (tertiary/aromatic N) is 3. The Morgan fingerprint density at radius 3 is 3.00 bits per heavy atom. The molecular formula is C6H3BrN4O2. The van der Waals surface area contributed by atoms with E-state index in [2.05, 4.69) is 30.9 Å². The Morgan fingerprint density at radius 2 is 2.31 bits per heavy atom. The minimum Gasteiger partial charge on any atom is -0.352 e. The van der Waals surface area contributed by atoms with E-state index < -0.39 is 4.92 Å². The van der Waals surface area contributed by atoms with Crippen molar-refractivity contribution in [3.8, 4) is 0 Å². The summed E-state index contributed by atoms with van der Waals surface area (Å²) in [6.07, 6.45) is 2.57. The van der Waals surface area contributed by atoms with Crippen LogP contribution in [0, 0.1) is 10.1 Å². The van der Waals surface area contributed by atoms with Crippen LogP contribution in [0.15, 0.2) is 17.1 Å². The average molecular weight is 243 g/mol. The number of halogens is 1. The molecule has 2 heterocycles. The quantitative estimate of drug-likeness (QED) is 0.468. The molecule has 2 aromatic rings. The number of rotatable bonds is 1. The Bertz CT molecular complexity index is 480. The van der Waals surface area contributed by atoms with Gasteiger partial charge in [0.1, 0.15) is 16.4 Å². The number of aromatic nitrogens is 3. The summed E-state index contributed by atoms with van der Waals surface area (Å²) in [6, 6.07) is 0. The summed E-state index contributed by atoms with van der Waals surface area (Å²) in [6.45, 7) is 0. The van der Waals surface area contributed by atoms with Crippen molar-refractivity contribution in [1.29, 1.82) is 0 Å². The van der Waals surface area contributed by atoms with Gasteiger partial charge in [0.2, 0.25) is 0 Å². The molecule has 0 fully saturated rings. The van der Waals surface area contributed by atoms with Gasteiger partial charge < -0.3 is 4.98 Å². The highest BCUT2D eigenvalue weighted by molar-refractivity contribution is 9.10. The van der Waals surface area contributed by atoms with Crippen molar-refractivity contribution in [3.63, 3.8) is 0 Å². The third kappa shape index (κ3) is 1.17. The molecule has 2 aromatic heterocycles. The van der Waals surface area contributed by atoms with Crippen LogP contribution >= 0.6 is 15.9 Å². The second-order valence-electron chi connectivity index (χ2n) is 2.32. The molecule has 0 aliphatic heterocycles. The molecule has 0 aliphatic carbocycles. The Hall–Kier alpha value is -1.50. The third-order valence-corrected chi connectivity index (χ3v) is 2.19. The Morgan fingerprint density at radius 1 is 1.54 bits per heavy atom. The molecule has 6 nitrogen and oxygen atoms in total. The van der Waals surface area contributed by atoms with E-state index in [0.717, 1.165) is 0 Å². The van der Waals surface area contributed by atoms with Gasteiger partial charge in [0.25, 0.3) is 0 Å². The standard InChI is InChI=1S/C6H3BrN4O2/c7-6-5-4(9-2-10-6)3(1-8-5)11(12)13/h1-2,8H. The van der Waals surface area contributed by atoms with Crippen LogP contribution in [0.2, 0.25) is 0 Å². The van der Waals surface area contributed by atoms with Gasteiger partial charge in [-0.15, -0.1) is 0 Å². The summed E-state index contributed by atoms with van der Waals surface area (Å²) in [4.78, 5) is 20.4. The molecule has 0 saturated carbocycles. The maximum atomic E-state index is 10.5. The van der Waals surface area contributed by atoms with Crippen molar-refractivity contribution in [2.45, 2.75) is 0 Å². The minimum atomic E-state index is -0.488. The molecule has 0 radical (unpaired) electrons. The van der Waals surface area contributed by atoms with Gasteiger partial charge in [-0.2, -0.15) is 0 Å². The number of hydrogen-bond donors (Lipinski definition) is 1. The second-order valence-corrected chi connectivity index (χ2v) is 3.07. The van der Waals surface area contributed by atoms with Gasteiger partial charge in [0.15, 0.2) is 5.52 Å². The van der Waals surface area contributed by atoms with Gasteiger partial charge in [-0.25, -0.2) is 9.97 Å². The molecule has 0 unspecified atom stereocenters. The summed E-state index contributed by atoms with van der Waals surface area (Å²) in [5.41, 5.74) is 0.805. The number of nitrogens with one attached hydrogen (secondary N) is 1. The highest BCUT2D eigenvalue weighted by atomic mass is 79.9. The fourth-order valence-corrected chi connectivity index (χ4v) is 1.43. The summed E-state index contributed by atoms with van der Waals surface area (Å²) >= 11 is 3.15. The average Bonchev–Trinajstić information content (AvgIpc) is 2.48. The van der Waals surface area contributed by atoms with Crippen LogP contribution in [0.3, 0.4) is 0 Å². The molecule has 0 saturated heterocycles. The second kappa shape index (κ2) is 2.77. The van der Waals surface area contributed by atoms with Crippen molar-refractivity contribution in [2.75, 3.05) is 0 Å². The fourth-order valence-electron chi connectivity index (χ4n) is 1.03. The number of hydrogen-bond acceptors (Lipinski definition) is 4. The van der Waals surface area contributed by atoms with Crippen LogP contribution in [-0.4, -0.2) is 19.9 Å². The smallest absolute Gasteiger partial charge is 0.312 e. The van der Waals surface area contributed by atoms with Crippen molar-refractivity contribution >= 4 is 32.7 Å². The third-order valence-electron chi connectivity index (χ3n) is 1.59. The molecule has 0 aromatic carbocycles. The molecule has 1 N–H and O–H groups in total. The molecule has 0 aliphatic rings. The van der Waals surface area contributed by atoms with Crippen molar-refractivity contribution in [2.24, 2.45) is 0 Å². The molecule has 13 heavy (non-hydrogen) atoms. The first-order valence-electron chi connectivity index (χ1n) is 3.32. The predicted molar refractivity (Wildman–Crippen MR) is 48.2 cm³/mol. The Kier molecular flexibility index (Phi) is 1.73. The monoisotopic (exact) mass is 242 g/mol. The molecule has 7 heteroatoms. The zero-order valence-corrected chi connectivity index (χ0v) is 7.78. The lowest BCUT2D eigenvalue weighted by molar-refractivity contribution is -0.383. The first kappa shape index (κ1) is 8.11. The first-order valence-corrected chi connectivity index (χ1v) is 4.11. The SMILES string of the molecule is O=[N+]([O-])c1c[nH]c2c(Br)ncnc12. The fraction of sp³-hybridized carbons (Fsp3) is 0. The molecule has 0 atom stereocenters. The van der Waals surface area contributed by atoms with E-state index in [1.807, 2.05) is 0 Å². The summed E-state index contributed by atoms with van der Waals surface area (Å²) in [5, 5.41) is 10.5. The molecule has 0 spiro atoms. The largest absolute Gasteiger partial charge is 0.352 e. The predicted octanol–water partition coefficient (Wildman–Crippen LogP) is 1.63.